The van der Waals surface area contributed by atoms with Crippen molar-refractivity contribution in [2.75, 3.05) is 7.11 Å². The van der Waals surface area contributed by atoms with Crippen LogP contribution in [0.4, 0.5) is 13.2 Å². The van der Waals surface area contributed by atoms with E-state index in [0.717, 1.165) is 6.07 Å². The van der Waals surface area contributed by atoms with Gasteiger partial charge in [0.2, 0.25) is 0 Å². The van der Waals surface area contributed by atoms with E-state index >= 15 is 0 Å². The molecule has 9 heteroatoms. The maximum atomic E-state index is 12.7. The van der Waals surface area contributed by atoms with Gasteiger partial charge in [-0.15, -0.1) is 0 Å². The third-order valence-electron chi connectivity index (χ3n) is 2.89. The number of rotatable bonds is 4. The Morgan fingerprint density at radius 2 is 2.25 bits per heavy atom. The van der Waals surface area contributed by atoms with Crippen LogP contribution in [0.25, 0.3) is 11.9 Å². The lowest BCUT2D eigenvalue weighted by molar-refractivity contribution is -0.137. The molecule has 0 aliphatic heterocycles. The van der Waals surface area contributed by atoms with Crippen molar-refractivity contribution in [1.29, 1.82) is 5.26 Å². The van der Waals surface area contributed by atoms with E-state index in [4.69, 9.17) is 16.9 Å². The van der Waals surface area contributed by atoms with Gasteiger partial charge in [-0.1, -0.05) is 16.8 Å². The summed E-state index contributed by atoms with van der Waals surface area (Å²) in [6.45, 7) is 0. The predicted octanol–water partition coefficient (Wildman–Crippen LogP) is 4.08. The first-order valence-electron chi connectivity index (χ1n) is 6.45. The maximum Gasteiger partial charge on any atom is 0.417 e. The fraction of sp³-hybridized carbons (Fsp3) is 0.133. The second kappa shape index (κ2) is 7.19. The zero-order chi connectivity index (χ0) is 17.7. The molecule has 0 bridgehead atoms. The molecule has 0 aliphatic rings. The predicted molar refractivity (Wildman–Crippen MR) is 82.7 cm³/mol. The number of allylic oxidation sites excluding steroid dienone is 1. The van der Waals surface area contributed by atoms with Gasteiger partial charge in [0.05, 0.1) is 22.4 Å². The Bertz CT molecular complexity index is 834. The van der Waals surface area contributed by atoms with Gasteiger partial charge in [0.25, 0.3) is 0 Å². The summed E-state index contributed by atoms with van der Waals surface area (Å²) in [4.78, 5) is 8.29. The first kappa shape index (κ1) is 17.6. The molecule has 0 amide bonds. The van der Waals surface area contributed by atoms with Gasteiger partial charge in [0, 0.05) is 18.1 Å². The fourth-order valence-corrected chi connectivity index (χ4v) is 2.09. The molecule has 2 aromatic rings. The van der Waals surface area contributed by atoms with Crippen molar-refractivity contribution < 1.29 is 18.0 Å². The van der Waals surface area contributed by atoms with E-state index in [1.807, 2.05) is 6.07 Å². The second-order valence-electron chi connectivity index (χ2n) is 4.46. The highest BCUT2D eigenvalue weighted by Gasteiger charge is 2.31. The van der Waals surface area contributed by atoms with Gasteiger partial charge in [-0.3, -0.25) is 0 Å². The van der Waals surface area contributed by atoms with Gasteiger partial charge in [-0.2, -0.15) is 18.4 Å². The van der Waals surface area contributed by atoms with Gasteiger partial charge in [0.1, 0.15) is 13.2 Å². The average Bonchev–Trinajstić information content (AvgIpc) is 2.98. The van der Waals surface area contributed by atoms with E-state index in [2.05, 4.69) is 15.0 Å². The molecule has 0 aliphatic carbocycles. The van der Waals surface area contributed by atoms with Crippen molar-refractivity contribution >= 4 is 23.9 Å². The SMILES string of the molecule is CON=CC(C#N)=Cc1cccn1-c1ncc(C(F)(F)F)cc1Cl. The lowest BCUT2D eigenvalue weighted by Gasteiger charge is -2.11. The van der Waals surface area contributed by atoms with E-state index in [0.29, 0.717) is 11.9 Å². The largest absolute Gasteiger partial charge is 0.417 e. The molecule has 2 heterocycles. The summed E-state index contributed by atoms with van der Waals surface area (Å²) in [5, 5.41) is 12.4. The van der Waals surface area contributed by atoms with Crippen LogP contribution in [0.15, 0.2) is 41.3 Å². The van der Waals surface area contributed by atoms with Crippen LogP contribution in [0.5, 0.6) is 0 Å². The number of oxime groups is 1. The van der Waals surface area contributed by atoms with Crippen LogP contribution in [0.3, 0.4) is 0 Å². The van der Waals surface area contributed by atoms with E-state index < -0.39 is 11.7 Å². The number of hydrogen-bond acceptors (Lipinski definition) is 4. The summed E-state index contributed by atoms with van der Waals surface area (Å²) in [5.74, 6) is 0.113. The summed E-state index contributed by atoms with van der Waals surface area (Å²) in [7, 11) is 1.33. The number of halogens is 4. The van der Waals surface area contributed by atoms with E-state index in [9.17, 15) is 13.2 Å². The minimum Gasteiger partial charge on any atom is -0.399 e. The maximum absolute atomic E-state index is 12.7. The normalized spacial score (nSPS) is 12.4. The molecule has 0 aromatic carbocycles. The molecule has 124 valence electrons. The summed E-state index contributed by atoms with van der Waals surface area (Å²) in [6, 6.07) is 6.00. The molecule has 24 heavy (non-hydrogen) atoms. The Morgan fingerprint density at radius 1 is 1.50 bits per heavy atom. The number of alkyl halides is 3. The molecule has 0 N–H and O–H groups in total. The third-order valence-corrected chi connectivity index (χ3v) is 3.17. The molecule has 0 saturated heterocycles. The first-order valence-corrected chi connectivity index (χ1v) is 6.83. The Balaban J connectivity index is 2.46. The van der Waals surface area contributed by atoms with Crippen LogP contribution < -0.4 is 0 Å². The highest BCUT2D eigenvalue weighted by molar-refractivity contribution is 6.32. The zero-order valence-corrected chi connectivity index (χ0v) is 13.0. The quantitative estimate of drug-likeness (QED) is 0.472. The summed E-state index contributed by atoms with van der Waals surface area (Å²) in [6.07, 6.45) is 0.415. The third kappa shape index (κ3) is 3.94. The number of nitriles is 1. The van der Waals surface area contributed by atoms with Crippen LogP contribution in [0, 0.1) is 11.3 Å². The molecule has 0 unspecified atom stereocenters. The van der Waals surface area contributed by atoms with Crippen molar-refractivity contribution in [1.82, 2.24) is 9.55 Å². The number of hydrogen-bond donors (Lipinski definition) is 0. The molecular formula is C15H10ClF3N4O. The standard InChI is InChI=1S/C15H10ClF3N4O/c1-24-22-8-10(7-20)5-12-3-2-4-23(12)14-13(16)6-11(9-21-14)15(17,18)19/h2-6,8-9H,1H3. The van der Waals surface area contributed by atoms with Crippen LogP contribution in [-0.2, 0) is 11.0 Å². The first-order chi connectivity index (χ1) is 11.4. The minimum atomic E-state index is -4.53. The molecule has 0 radical (unpaired) electrons. The molecule has 0 atom stereocenters. The Labute approximate surface area is 140 Å². The number of aromatic nitrogens is 2. The van der Waals surface area contributed by atoms with Crippen molar-refractivity contribution in [3.63, 3.8) is 0 Å². The van der Waals surface area contributed by atoms with E-state index in [1.165, 1.54) is 24.0 Å². The van der Waals surface area contributed by atoms with Crippen LogP contribution in [0.1, 0.15) is 11.3 Å². The summed E-state index contributed by atoms with van der Waals surface area (Å²) < 4.78 is 39.5. The highest BCUT2D eigenvalue weighted by atomic mass is 35.5. The smallest absolute Gasteiger partial charge is 0.399 e. The Kier molecular flexibility index (Phi) is 5.26. The fourth-order valence-electron chi connectivity index (χ4n) is 1.83. The average molecular weight is 355 g/mol. The van der Waals surface area contributed by atoms with Crippen LogP contribution in [-0.4, -0.2) is 22.9 Å². The van der Waals surface area contributed by atoms with Crippen LogP contribution >= 0.6 is 11.6 Å². The zero-order valence-electron chi connectivity index (χ0n) is 12.3. The molecule has 0 saturated carbocycles. The molecule has 5 nitrogen and oxygen atoms in total. The van der Waals surface area contributed by atoms with Crippen molar-refractivity contribution in [3.8, 4) is 11.9 Å². The minimum absolute atomic E-state index is 0.113. The number of pyridine rings is 1. The van der Waals surface area contributed by atoms with Crippen molar-refractivity contribution in [2.45, 2.75) is 6.18 Å². The Hall–Kier alpha value is -2.79. The van der Waals surface area contributed by atoms with Gasteiger partial charge < -0.3 is 9.40 Å². The van der Waals surface area contributed by atoms with Gasteiger partial charge in [-0.25, -0.2) is 4.98 Å². The number of nitrogens with zero attached hydrogens (tertiary/aromatic N) is 4. The monoisotopic (exact) mass is 354 g/mol. The van der Waals surface area contributed by atoms with Gasteiger partial charge in [0.15, 0.2) is 5.82 Å². The van der Waals surface area contributed by atoms with Gasteiger partial charge >= 0.3 is 6.18 Å². The van der Waals surface area contributed by atoms with Crippen molar-refractivity contribution in [3.05, 3.63) is 52.4 Å². The van der Waals surface area contributed by atoms with E-state index in [1.54, 1.807) is 18.3 Å². The lowest BCUT2D eigenvalue weighted by atomic mass is 10.2. The molecule has 2 aromatic heterocycles. The highest BCUT2D eigenvalue weighted by Crippen LogP contribution is 2.32. The lowest BCUT2D eigenvalue weighted by Crippen LogP contribution is -2.08. The van der Waals surface area contributed by atoms with Crippen LogP contribution in [0.2, 0.25) is 5.02 Å². The van der Waals surface area contributed by atoms with E-state index in [-0.39, 0.29) is 16.4 Å². The topological polar surface area (TPSA) is 63.2 Å². The van der Waals surface area contributed by atoms with Crippen molar-refractivity contribution in [2.24, 2.45) is 5.16 Å². The molecule has 0 spiro atoms. The van der Waals surface area contributed by atoms with Gasteiger partial charge in [-0.05, 0) is 24.3 Å². The molecule has 2 rings (SSSR count). The molecular weight excluding hydrogens is 345 g/mol. The second-order valence-corrected chi connectivity index (χ2v) is 4.87. The Morgan fingerprint density at radius 3 is 2.83 bits per heavy atom. The summed E-state index contributed by atoms with van der Waals surface area (Å²) in [5.41, 5.74) is -0.270. The summed E-state index contributed by atoms with van der Waals surface area (Å²) >= 11 is 5.94. The molecule has 0 fully saturated rings.